The Labute approximate surface area is 61.9 Å². The third kappa shape index (κ3) is 2.38. The van der Waals surface area contributed by atoms with E-state index >= 15 is 0 Å². The topological polar surface area (TPSA) is 40.5 Å². The largest absolute Gasteiger partial charge is 0.393 e. The molecule has 0 heterocycles. The summed E-state index contributed by atoms with van der Waals surface area (Å²) in [5.41, 5.74) is 0. The van der Waals surface area contributed by atoms with Crippen molar-refractivity contribution in [1.29, 1.82) is 0 Å². The summed E-state index contributed by atoms with van der Waals surface area (Å²) in [5, 5.41) is 18.1. The molecule has 0 fully saturated rings. The molecule has 10 heavy (non-hydrogen) atoms. The highest BCUT2D eigenvalue weighted by Crippen LogP contribution is 2.12. The van der Waals surface area contributed by atoms with Crippen molar-refractivity contribution in [3.05, 3.63) is 6.42 Å². The highest BCUT2D eigenvalue weighted by Gasteiger charge is 2.19. The molecule has 3 atom stereocenters. The molecular weight excluding hydrogens is 128 g/mol. The Morgan fingerprint density at radius 2 is 2.00 bits per heavy atom. The summed E-state index contributed by atoms with van der Waals surface area (Å²) >= 11 is 0. The van der Waals surface area contributed by atoms with Crippen molar-refractivity contribution in [2.75, 3.05) is 0 Å². The molecule has 0 aromatic rings. The molecular formula is C8H13O2. The quantitative estimate of drug-likeness (QED) is 0.556. The lowest BCUT2D eigenvalue weighted by Crippen LogP contribution is -2.27. The van der Waals surface area contributed by atoms with Crippen molar-refractivity contribution in [3.8, 4) is 5.92 Å². The highest BCUT2D eigenvalue weighted by atomic mass is 16.3. The molecule has 0 saturated carbocycles. The fourth-order valence-electron chi connectivity index (χ4n) is 0.935. The monoisotopic (exact) mass is 141 g/mol. The van der Waals surface area contributed by atoms with Gasteiger partial charge >= 0.3 is 0 Å². The molecule has 3 unspecified atom stereocenters. The zero-order valence-electron chi connectivity index (χ0n) is 6.33. The summed E-state index contributed by atoms with van der Waals surface area (Å²) in [6.45, 7) is 3.46. The van der Waals surface area contributed by atoms with Gasteiger partial charge in [0.15, 0.2) is 0 Å². The second-order valence-corrected chi connectivity index (χ2v) is 2.40. The van der Waals surface area contributed by atoms with Crippen LogP contribution in [0.5, 0.6) is 0 Å². The molecule has 2 nitrogen and oxygen atoms in total. The molecule has 0 rings (SSSR count). The van der Waals surface area contributed by atoms with Gasteiger partial charge in [0.05, 0.1) is 6.10 Å². The second kappa shape index (κ2) is 4.32. The van der Waals surface area contributed by atoms with Crippen LogP contribution < -0.4 is 0 Å². The number of hydrogen-bond acceptors (Lipinski definition) is 2. The molecule has 2 N–H and O–H groups in total. The minimum absolute atomic E-state index is 0.252. The zero-order chi connectivity index (χ0) is 8.15. The van der Waals surface area contributed by atoms with E-state index in [0.29, 0.717) is 6.42 Å². The molecule has 0 bridgehead atoms. The van der Waals surface area contributed by atoms with Crippen LogP contribution >= 0.6 is 0 Å². The van der Waals surface area contributed by atoms with Gasteiger partial charge in [-0.1, -0.05) is 12.8 Å². The van der Waals surface area contributed by atoms with E-state index in [2.05, 4.69) is 0 Å². The molecule has 0 saturated heterocycles. The predicted molar refractivity (Wildman–Crippen MR) is 38.6 cm³/mol. The molecule has 57 valence electrons. The smallest absolute Gasteiger partial charge is 0.121 e. The lowest BCUT2D eigenvalue weighted by molar-refractivity contribution is 0.0485. The van der Waals surface area contributed by atoms with E-state index in [4.69, 9.17) is 16.6 Å². The van der Waals surface area contributed by atoms with E-state index in [1.807, 2.05) is 12.8 Å². The van der Waals surface area contributed by atoms with Crippen LogP contribution in [-0.2, 0) is 0 Å². The Morgan fingerprint density at radius 3 is 2.10 bits per heavy atom. The third-order valence-corrected chi connectivity index (χ3v) is 1.64. The number of hydrogen-bond donors (Lipinski definition) is 2. The minimum Gasteiger partial charge on any atom is -0.393 e. The van der Waals surface area contributed by atoms with Gasteiger partial charge in [0, 0.05) is 5.92 Å². The van der Waals surface area contributed by atoms with Crippen molar-refractivity contribution in [3.63, 3.8) is 0 Å². The average molecular weight is 141 g/mol. The van der Waals surface area contributed by atoms with Crippen molar-refractivity contribution in [2.24, 2.45) is 5.92 Å². The van der Waals surface area contributed by atoms with Gasteiger partial charge < -0.3 is 10.2 Å². The first-order valence-corrected chi connectivity index (χ1v) is 3.41. The first-order valence-electron chi connectivity index (χ1n) is 3.41. The van der Waals surface area contributed by atoms with Crippen LogP contribution in [0.25, 0.3) is 0 Å². The van der Waals surface area contributed by atoms with E-state index < -0.39 is 12.2 Å². The Hall–Kier alpha value is -0.520. The summed E-state index contributed by atoms with van der Waals surface area (Å²) in [4.78, 5) is 0. The lowest BCUT2D eigenvalue weighted by Gasteiger charge is -2.19. The van der Waals surface area contributed by atoms with Gasteiger partial charge in [0.2, 0.25) is 0 Å². The second-order valence-electron chi connectivity index (χ2n) is 2.40. The maximum absolute atomic E-state index is 9.03. The lowest BCUT2D eigenvalue weighted by atomic mass is 9.95. The van der Waals surface area contributed by atoms with E-state index in [-0.39, 0.29) is 5.92 Å². The van der Waals surface area contributed by atoms with Crippen LogP contribution in [0.3, 0.4) is 0 Å². The predicted octanol–water partition coefficient (Wildman–Crippen LogP) is 0.344. The fraction of sp³-hybridized carbons (Fsp3) is 0.750. The normalized spacial score (nSPS) is 19.1. The van der Waals surface area contributed by atoms with Gasteiger partial charge in [-0.2, -0.15) is 0 Å². The Morgan fingerprint density at radius 1 is 1.50 bits per heavy atom. The molecule has 0 spiro atoms. The SMILES string of the molecule is [C]#CC(O)C(CC)C(C)O. The van der Waals surface area contributed by atoms with E-state index in [0.717, 1.165) is 0 Å². The third-order valence-electron chi connectivity index (χ3n) is 1.64. The molecule has 0 aliphatic heterocycles. The molecule has 0 aromatic heterocycles. The highest BCUT2D eigenvalue weighted by molar-refractivity contribution is 4.92. The van der Waals surface area contributed by atoms with Gasteiger partial charge in [-0.05, 0) is 19.8 Å². The van der Waals surface area contributed by atoms with Crippen molar-refractivity contribution >= 4 is 0 Å². The summed E-state index contributed by atoms with van der Waals surface area (Å²) in [6, 6.07) is 0. The van der Waals surface area contributed by atoms with Crippen LogP contribution in [0.2, 0.25) is 0 Å². The zero-order valence-corrected chi connectivity index (χ0v) is 6.33. The van der Waals surface area contributed by atoms with E-state index in [1.165, 1.54) is 0 Å². The van der Waals surface area contributed by atoms with Gasteiger partial charge in [-0.15, -0.1) is 0 Å². The van der Waals surface area contributed by atoms with Crippen LogP contribution in [0.4, 0.5) is 0 Å². The van der Waals surface area contributed by atoms with Gasteiger partial charge in [-0.25, -0.2) is 0 Å². The molecule has 0 aromatic carbocycles. The average Bonchev–Trinajstić information content (AvgIpc) is 1.88. The molecule has 0 amide bonds. The van der Waals surface area contributed by atoms with Crippen molar-refractivity contribution in [2.45, 2.75) is 32.5 Å². The Kier molecular flexibility index (Phi) is 4.10. The van der Waals surface area contributed by atoms with Crippen LogP contribution in [0.15, 0.2) is 0 Å². The molecule has 0 aliphatic rings. The van der Waals surface area contributed by atoms with Gasteiger partial charge in [0.1, 0.15) is 6.10 Å². The standard InChI is InChI=1S/C8H13O2/c1-4-7(6(3)9)8(10)5-2/h6-10H,4H2,1,3H3. The van der Waals surface area contributed by atoms with Crippen LogP contribution in [-0.4, -0.2) is 22.4 Å². The number of aliphatic hydroxyl groups excluding tert-OH is 2. The first kappa shape index (κ1) is 9.48. The van der Waals surface area contributed by atoms with E-state index in [9.17, 15) is 0 Å². The van der Waals surface area contributed by atoms with Crippen LogP contribution in [0, 0.1) is 18.3 Å². The Balaban J connectivity index is 3.96. The summed E-state index contributed by atoms with van der Waals surface area (Å²) in [5.74, 6) is 1.69. The summed E-state index contributed by atoms with van der Waals surface area (Å²) in [7, 11) is 0. The molecule has 1 radical (unpaired) electrons. The van der Waals surface area contributed by atoms with E-state index in [1.54, 1.807) is 6.92 Å². The first-order chi connectivity index (χ1) is 4.63. The Bertz CT molecular complexity index is 124. The minimum atomic E-state index is -0.926. The summed E-state index contributed by atoms with van der Waals surface area (Å²) in [6.07, 6.45) is 5.78. The molecule has 0 aliphatic carbocycles. The summed E-state index contributed by atoms with van der Waals surface area (Å²) < 4.78 is 0. The maximum atomic E-state index is 9.03. The van der Waals surface area contributed by atoms with Crippen molar-refractivity contribution < 1.29 is 10.2 Å². The van der Waals surface area contributed by atoms with Crippen molar-refractivity contribution in [1.82, 2.24) is 0 Å². The van der Waals surface area contributed by atoms with Gasteiger partial charge in [0.25, 0.3) is 0 Å². The number of rotatable bonds is 3. The fourth-order valence-corrected chi connectivity index (χ4v) is 0.935. The van der Waals surface area contributed by atoms with Crippen LogP contribution in [0.1, 0.15) is 20.3 Å². The molecule has 2 heteroatoms. The van der Waals surface area contributed by atoms with Gasteiger partial charge in [-0.3, -0.25) is 0 Å². The maximum Gasteiger partial charge on any atom is 0.121 e. The number of aliphatic hydroxyl groups is 2.